The van der Waals surface area contributed by atoms with E-state index in [0.29, 0.717) is 6.42 Å². The highest BCUT2D eigenvalue weighted by Crippen LogP contribution is 2.32. The van der Waals surface area contributed by atoms with Gasteiger partial charge in [-0.2, -0.15) is 0 Å². The van der Waals surface area contributed by atoms with Gasteiger partial charge in [0.2, 0.25) is 0 Å². The highest BCUT2D eigenvalue weighted by atomic mass is 32.2. The van der Waals surface area contributed by atoms with Crippen molar-refractivity contribution in [2.45, 2.75) is 37.6 Å². The zero-order valence-electron chi connectivity index (χ0n) is 10.1. The summed E-state index contributed by atoms with van der Waals surface area (Å²) in [5.41, 5.74) is 0. The lowest BCUT2D eigenvalue weighted by atomic mass is 9.99. The molecule has 100 valence electrons. The van der Waals surface area contributed by atoms with Gasteiger partial charge in [0.1, 0.15) is 11.6 Å². The van der Waals surface area contributed by atoms with Crippen LogP contribution in [-0.2, 0) is 16.4 Å². The molecule has 3 heterocycles. The molecule has 1 aromatic heterocycles. The Labute approximate surface area is 106 Å². The van der Waals surface area contributed by atoms with Crippen molar-refractivity contribution in [2.75, 3.05) is 18.1 Å². The molecule has 6 nitrogen and oxygen atoms in total. The van der Waals surface area contributed by atoms with Crippen molar-refractivity contribution < 1.29 is 13.5 Å². The SMILES string of the molecule is O=S1(=O)CCC(c2nnc3n2CCCC3CO)C1. The largest absolute Gasteiger partial charge is 0.396 e. The van der Waals surface area contributed by atoms with E-state index in [2.05, 4.69) is 10.2 Å². The molecule has 2 aliphatic rings. The maximum absolute atomic E-state index is 11.5. The van der Waals surface area contributed by atoms with Crippen molar-refractivity contribution in [1.29, 1.82) is 0 Å². The second-order valence-electron chi connectivity index (χ2n) is 5.19. The molecule has 0 aromatic carbocycles. The topological polar surface area (TPSA) is 85.1 Å². The van der Waals surface area contributed by atoms with Gasteiger partial charge in [-0.15, -0.1) is 10.2 Å². The molecule has 0 bridgehead atoms. The van der Waals surface area contributed by atoms with E-state index >= 15 is 0 Å². The summed E-state index contributed by atoms with van der Waals surface area (Å²) in [5, 5.41) is 17.7. The first-order valence-electron chi connectivity index (χ1n) is 6.35. The van der Waals surface area contributed by atoms with Gasteiger partial charge in [-0.1, -0.05) is 0 Å². The van der Waals surface area contributed by atoms with E-state index in [-0.39, 0.29) is 29.9 Å². The molecule has 1 saturated heterocycles. The molecule has 18 heavy (non-hydrogen) atoms. The molecule has 7 heteroatoms. The van der Waals surface area contributed by atoms with Crippen LogP contribution in [0.4, 0.5) is 0 Å². The molecular formula is C11H17N3O3S. The summed E-state index contributed by atoms with van der Waals surface area (Å²) in [6.07, 6.45) is 2.56. The van der Waals surface area contributed by atoms with Crippen LogP contribution in [0, 0.1) is 0 Å². The van der Waals surface area contributed by atoms with E-state index < -0.39 is 9.84 Å². The van der Waals surface area contributed by atoms with Gasteiger partial charge in [0.15, 0.2) is 9.84 Å². The van der Waals surface area contributed by atoms with E-state index in [1.165, 1.54) is 0 Å². The first-order valence-corrected chi connectivity index (χ1v) is 8.17. The molecule has 2 unspecified atom stereocenters. The number of sulfone groups is 1. The summed E-state index contributed by atoms with van der Waals surface area (Å²) in [7, 11) is -2.90. The number of fused-ring (bicyclic) bond motifs is 1. The molecule has 1 N–H and O–H groups in total. The lowest BCUT2D eigenvalue weighted by molar-refractivity contribution is 0.236. The van der Waals surface area contributed by atoms with Crippen molar-refractivity contribution in [3.8, 4) is 0 Å². The maximum atomic E-state index is 11.5. The Hall–Kier alpha value is -0.950. The smallest absolute Gasteiger partial charge is 0.151 e. The van der Waals surface area contributed by atoms with E-state index in [4.69, 9.17) is 0 Å². The van der Waals surface area contributed by atoms with Gasteiger partial charge >= 0.3 is 0 Å². The van der Waals surface area contributed by atoms with Crippen LogP contribution in [0.25, 0.3) is 0 Å². The van der Waals surface area contributed by atoms with E-state index in [1.54, 1.807) is 0 Å². The molecule has 0 aliphatic carbocycles. The number of nitrogens with zero attached hydrogens (tertiary/aromatic N) is 3. The monoisotopic (exact) mass is 271 g/mol. The van der Waals surface area contributed by atoms with Gasteiger partial charge < -0.3 is 9.67 Å². The molecule has 2 aliphatic heterocycles. The first-order chi connectivity index (χ1) is 8.61. The summed E-state index contributed by atoms with van der Waals surface area (Å²) in [6.45, 7) is 0.922. The second-order valence-corrected chi connectivity index (χ2v) is 7.42. The number of rotatable bonds is 2. The Morgan fingerprint density at radius 1 is 1.28 bits per heavy atom. The third kappa shape index (κ3) is 1.95. The number of aliphatic hydroxyl groups is 1. The summed E-state index contributed by atoms with van der Waals surface area (Å²) in [6, 6.07) is 0. The molecule has 2 atom stereocenters. The quantitative estimate of drug-likeness (QED) is 0.821. The summed E-state index contributed by atoms with van der Waals surface area (Å²) < 4.78 is 25.1. The number of aromatic nitrogens is 3. The predicted molar refractivity (Wildman–Crippen MR) is 65.1 cm³/mol. The van der Waals surface area contributed by atoms with Gasteiger partial charge in [0.25, 0.3) is 0 Å². The molecular weight excluding hydrogens is 254 g/mol. The van der Waals surface area contributed by atoms with Crippen LogP contribution in [0.5, 0.6) is 0 Å². The fourth-order valence-corrected chi connectivity index (χ4v) is 4.70. The van der Waals surface area contributed by atoms with Gasteiger partial charge in [0.05, 0.1) is 18.1 Å². The van der Waals surface area contributed by atoms with Gasteiger partial charge in [-0.05, 0) is 19.3 Å². The summed E-state index contributed by atoms with van der Waals surface area (Å²) in [4.78, 5) is 0. The Balaban J connectivity index is 1.93. The molecule has 3 rings (SSSR count). The van der Waals surface area contributed by atoms with Gasteiger partial charge in [-0.3, -0.25) is 0 Å². The zero-order chi connectivity index (χ0) is 12.8. The Kier molecular flexibility index (Phi) is 2.90. The van der Waals surface area contributed by atoms with Gasteiger partial charge in [-0.25, -0.2) is 8.42 Å². The van der Waals surface area contributed by atoms with Crippen molar-refractivity contribution in [2.24, 2.45) is 0 Å². The van der Waals surface area contributed by atoms with Crippen LogP contribution in [0.3, 0.4) is 0 Å². The highest BCUT2D eigenvalue weighted by Gasteiger charge is 2.34. The molecule has 0 spiro atoms. The van der Waals surface area contributed by atoms with Crippen molar-refractivity contribution in [1.82, 2.24) is 14.8 Å². The fraction of sp³-hybridized carbons (Fsp3) is 0.818. The number of aliphatic hydroxyl groups excluding tert-OH is 1. The molecule has 1 fully saturated rings. The second kappa shape index (κ2) is 4.31. The lowest BCUT2D eigenvalue weighted by Gasteiger charge is -2.22. The number of hydrogen-bond donors (Lipinski definition) is 1. The highest BCUT2D eigenvalue weighted by molar-refractivity contribution is 7.91. The van der Waals surface area contributed by atoms with Gasteiger partial charge in [0, 0.05) is 18.4 Å². The van der Waals surface area contributed by atoms with E-state index in [1.807, 2.05) is 4.57 Å². The standard InChI is InChI=1S/C11H17N3O3S/c15-6-8-2-1-4-14-10(8)12-13-11(14)9-3-5-18(16,17)7-9/h8-9,15H,1-7H2. The maximum Gasteiger partial charge on any atom is 0.151 e. The molecule has 0 radical (unpaired) electrons. The predicted octanol–water partition coefficient (Wildman–Crippen LogP) is 0.0499. The van der Waals surface area contributed by atoms with E-state index in [0.717, 1.165) is 31.0 Å². The number of hydrogen-bond acceptors (Lipinski definition) is 5. The minimum Gasteiger partial charge on any atom is -0.396 e. The first kappa shape index (κ1) is 12.1. The van der Waals surface area contributed by atoms with Crippen LogP contribution < -0.4 is 0 Å². The zero-order valence-corrected chi connectivity index (χ0v) is 10.9. The fourth-order valence-electron chi connectivity index (χ4n) is 2.96. The minimum atomic E-state index is -2.90. The third-order valence-corrected chi connectivity index (χ3v) is 5.69. The average Bonchev–Trinajstić information content (AvgIpc) is 2.91. The normalized spacial score (nSPS) is 30.3. The average molecular weight is 271 g/mol. The molecule has 0 saturated carbocycles. The Bertz CT molecular complexity index is 552. The van der Waals surface area contributed by atoms with Crippen LogP contribution in [0.2, 0.25) is 0 Å². The lowest BCUT2D eigenvalue weighted by Crippen LogP contribution is -2.21. The van der Waals surface area contributed by atoms with Crippen molar-refractivity contribution in [3.05, 3.63) is 11.6 Å². The summed E-state index contributed by atoms with van der Waals surface area (Å²) in [5.74, 6) is 2.09. The van der Waals surface area contributed by atoms with E-state index in [9.17, 15) is 13.5 Å². The van der Waals surface area contributed by atoms with Crippen LogP contribution >= 0.6 is 0 Å². The Morgan fingerprint density at radius 3 is 2.72 bits per heavy atom. The summed E-state index contributed by atoms with van der Waals surface area (Å²) >= 11 is 0. The third-order valence-electron chi connectivity index (χ3n) is 3.93. The minimum absolute atomic E-state index is 0.0197. The van der Waals surface area contributed by atoms with Crippen LogP contribution in [-0.4, -0.2) is 46.4 Å². The Morgan fingerprint density at radius 2 is 2.06 bits per heavy atom. The molecule has 1 aromatic rings. The van der Waals surface area contributed by atoms with Crippen LogP contribution in [0.15, 0.2) is 0 Å². The van der Waals surface area contributed by atoms with Crippen LogP contribution in [0.1, 0.15) is 42.7 Å². The molecule has 0 amide bonds. The van der Waals surface area contributed by atoms with Crippen molar-refractivity contribution in [3.63, 3.8) is 0 Å². The van der Waals surface area contributed by atoms with Crippen molar-refractivity contribution >= 4 is 9.84 Å².